The highest BCUT2D eigenvalue weighted by Gasteiger charge is 2.24. The van der Waals surface area contributed by atoms with Crippen LogP contribution >= 0.6 is 0 Å². The van der Waals surface area contributed by atoms with Crippen molar-refractivity contribution in [3.05, 3.63) is 21.9 Å². The summed E-state index contributed by atoms with van der Waals surface area (Å²) in [6.45, 7) is 6.96. The average Bonchev–Trinajstić information content (AvgIpc) is 2.95. The highest BCUT2D eigenvalue weighted by molar-refractivity contribution is 5.99. The first-order valence-electron chi connectivity index (χ1n) is 7.72. The van der Waals surface area contributed by atoms with Gasteiger partial charge in [0.2, 0.25) is 11.6 Å². The van der Waals surface area contributed by atoms with Crippen molar-refractivity contribution in [3.63, 3.8) is 0 Å². The smallest absolute Gasteiger partial charge is 0.361 e. The van der Waals surface area contributed by atoms with Crippen molar-refractivity contribution < 1.29 is 18.8 Å². The predicted octanol–water partition coefficient (Wildman–Crippen LogP) is 0.784. The summed E-state index contributed by atoms with van der Waals surface area (Å²) < 4.78 is 11.0. The number of nitrogens with zero attached hydrogens (tertiary/aromatic N) is 3. The minimum atomic E-state index is -0.769. The maximum atomic E-state index is 12.7. The first-order chi connectivity index (χ1) is 11.4. The number of aromatic nitrogens is 3. The Morgan fingerprint density at radius 2 is 2.08 bits per heavy atom. The molecule has 2 rings (SSSR count). The van der Waals surface area contributed by atoms with E-state index in [1.807, 2.05) is 13.8 Å². The molecule has 1 amide bonds. The third kappa shape index (κ3) is 3.44. The summed E-state index contributed by atoms with van der Waals surface area (Å²) in [5, 5.41) is 6.26. The number of nitrogens with one attached hydrogen (secondary N) is 1. The van der Waals surface area contributed by atoms with Crippen molar-refractivity contribution in [2.75, 3.05) is 6.61 Å². The number of ether oxygens (including phenoxy) is 1. The minimum Gasteiger partial charge on any atom is -0.461 e. The van der Waals surface area contributed by atoms with Gasteiger partial charge in [0.25, 0.3) is 11.3 Å². The van der Waals surface area contributed by atoms with Gasteiger partial charge in [0.1, 0.15) is 17.8 Å². The van der Waals surface area contributed by atoms with E-state index < -0.39 is 11.5 Å². The van der Waals surface area contributed by atoms with E-state index >= 15 is 0 Å². The Bertz CT molecular complexity index is 823. The number of amides is 1. The van der Waals surface area contributed by atoms with Crippen molar-refractivity contribution in [1.82, 2.24) is 20.0 Å². The lowest BCUT2D eigenvalue weighted by Crippen LogP contribution is -2.38. The molecule has 0 unspecified atom stereocenters. The molecule has 24 heavy (non-hydrogen) atoms. The molecule has 0 aliphatic carbocycles. The van der Waals surface area contributed by atoms with Crippen LogP contribution in [0.3, 0.4) is 0 Å². The zero-order valence-electron chi connectivity index (χ0n) is 14.1. The highest BCUT2D eigenvalue weighted by Crippen LogP contribution is 2.14. The molecule has 2 aromatic rings. The monoisotopic (exact) mass is 336 g/mol. The van der Waals surface area contributed by atoms with Crippen LogP contribution in [0.15, 0.2) is 9.32 Å². The molecule has 0 fully saturated rings. The number of esters is 1. The fraction of sp³-hybridized carbons (Fsp3) is 0.533. The Morgan fingerprint density at radius 1 is 1.38 bits per heavy atom. The van der Waals surface area contributed by atoms with Gasteiger partial charge in [-0.05, 0) is 27.2 Å². The molecule has 9 heteroatoms. The molecule has 2 aromatic heterocycles. The molecular weight excluding hydrogens is 316 g/mol. The average molecular weight is 336 g/mol. The Labute approximate surface area is 138 Å². The van der Waals surface area contributed by atoms with E-state index in [0.29, 0.717) is 5.82 Å². The molecule has 0 bridgehead atoms. The van der Waals surface area contributed by atoms with Gasteiger partial charge in [-0.15, -0.1) is 0 Å². The normalized spacial score (nSPS) is 12.2. The molecular formula is C15H20N4O5. The van der Waals surface area contributed by atoms with Gasteiger partial charge >= 0.3 is 5.97 Å². The summed E-state index contributed by atoms with van der Waals surface area (Å²) in [5.41, 5.74) is -0.860. The summed E-state index contributed by atoms with van der Waals surface area (Å²) >= 11 is 0. The van der Waals surface area contributed by atoms with Crippen LogP contribution < -0.4 is 10.9 Å². The molecule has 0 radical (unpaired) electrons. The van der Waals surface area contributed by atoms with Gasteiger partial charge in [0.05, 0.1) is 6.61 Å². The number of hydrogen-bond acceptors (Lipinski definition) is 7. The van der Waals surface area contributed by atoms with E-state index in [1.54, 1.807) is 13.8 Å². The fourth-order valence-corrected chi connectivity index (χ4v) is 2.13. The number of aryl methyl sites for hydroxylation is 1. The van der Waals surface area contributed by atoms with Crippen molar-refractivity contribution in [1.29, 1.82) is 0 Å². The quantitative estimate of drug-likeness (QED) is 0.775. The van der Waals surface area contributed by atoms with Gasteiger partial charge in [-0.3, -0.25) is 14.2 Å². The van der Waals surface area contributed by atoms with E-state index in [2.05, 4.69) is 15.5 Å². The second-order valence-corrected chi connectivity index (χ2v) is 5.36. The van der Waals surface area contributed by atoms with Gasteiger partial charge < -0.3 is 14.6 Å². The molecule has 130 valence electrons. The number of rotatable bonds is 6. The topological polar surface area (TPSA) is 116 Å². The van der Waals surface area contributed by atoms with Crippen LogP contribution in [0.2, 0.25) is 0 Å². The van der Waals surface area contributed by atoms with Crippen LogP contribution in [-0.2, 0) is 16.1 Å². The summed E-state index contributed by atoms with van der Waals surface area (Å²) in [4.78, 5) is 40.7. The fourth-order valence-electron chi connectivity index (χ4n) is 2.13. The van der Waals surface area contributed by atoms with Crippen LogP contribution in [0.4, 0.5) is 0 Å². The van der Waals surface area contributed by atoms with Crippen LogP contribution in [0.5, 0.6) is 0 Å². The van der Waals surface area contributed by atoms with Crippen molar-refractivity contribution in [3.8, 4) is 0 Å². The highest BCUT2D eigenvalue weighted by atomic mass is 16.5. The number of carbonyl (C=O) groups excluding carboxylic acids is 2. The molecule has 9 nitrogen and oxygen atoms in total. The van der Waals surface area contributed by atoms with Crippen LogP contribution in [0.25, 0.3) is 11.1 Å². The summed E-state index contributed by atoms with van der Waals surface area (Å²) in [5.74, 6) is -0.794. The summed E-state index contributed by atoms with van der Waals surface area (Å²) in [6, 6.07) is -0.00381. The zero-order valence-corrected chi connectivity index (χ0v) is 14.1. The Balaban J connectivity index is 2.44. The van der Waals surface area contributed by atoms with Gasteiger partial charge in [0, 0.05) is 6.04 Å². The lowest BCUT2D eigenvalue weighted by molar-refractivity contribution is -0.122. The lowest BCUT2D eigenvalue weighted by atomic mass is 10.2. The molecule has 0 saturated carbocycles. The molecule has 0 spiro atoms. The number of carbonyl (C=O) groups is 2. The Morgan fingerprint density at radius 3 is 2.71 bits per heavy atom. The Kier molecular flexibility index (Phi) is 5.32. The molecule has 2 heterocycles. The maximum Gasteiger partial charge on any atom is 0.361 e. The number of hydrogen-bond donors (Lipinski definition) is 1. The molecule has 1 atom stereocenters. The van der Waals surface area contributed by atoms with E-state index in [-0.39, 0.29) is 41.9 Å². The van der Waals surface area contributed by atoms with Crippen molar-refractivity contribution >= 4 is 23.0 Å². The molecule has 1 N–H and O–H groups in total. The second-order valence-electron chi connectivity index (χ2n) is 5.36. The summed E-state index contributed by atoms with van der Waals surface area (Å²) in [7, 11) is 0. The first kappa shape index (κ1) is 17.6. The van der Waals surface area contributed by atoms with E-state index in [9.17, 15) is 14.4 Å². The van der Waals surface area contributed by atoms with Crippen molar-refractivity contribution in [2.45, 2.75) is 46.7 Å². The van der Waals surface area contributed by atoms with Crippen LogP contribution in [-0.4, -0.2) is 39.2 Å². The van der Waals surface area contributed by atoms with Crippen molar-refractivity contribution in [2.24, 2.45) is 0 Å². The third-order valence-electron chi connectivity index (χ3n) is 3.58. The van der Waals surface area contributed by atoms with Gasteiger partial charge in [-0.1, -0.05) is 12.1 Å². The standard InChI is InChI=1S/C15H20N4O5/c1-5-8(3)16-10(20)7-19-9(4)17-13-11(14(19)21)12(18-24-13)15(22)23-6-2/h8H,5-7H2,1-4H3,(H,16,20)/t8-/m1/s1. The molecule has 0 aliphatic heterocycles. The van der Waals surface area contributed by atoms with Crippen LogP contribution in [0, 0.1) is 6.92 Å². The van der Waals surface area contributed by atoms with Gasteiger partial charge in [-0.25, -0.2) is 4.79 Å². The van der Waals surface area contributed by atoms with Crippen LogP contribution in [0.1, 0.15) is 43.5 Å². The number of fused-ring (bicyclic) bond motifs is 1. The van der Waals surface area contributed by atoms with E-state index in [4.69, 9.17) is 9.26 Å². The zero-order chi connectivity index (χ0) is 17.9. The van der Waals surface area contributed by atoms with Gasteiger partial charge in [0.15, 0.2) is 0 Å². The molecule has 0 aromatic carbocycles. The predicted molar refractivity (Wildman–Crippen MR) is 84.7 cm³/mol. The minimum absolute atomic E-state index is 0.00381. The molecule has 0 aliphatic rings. The van der Waals surface area contributed by atoms with E-state index in [0.717, 1.165) is 6.42 Å². The first-order valence-corrected chi connectivity index (χ1v) is 7.72. The van der Waals surface area contributed by atoms with E-state index in [1.165, 1.54) is 4.57 Å². The van der Waals surface area contributed by atoms with Gasteiger partial charge in [-0.2, -0.15) is 4.98 Å². The second kappa shape index (κ2) is 7.24. The summed E-state index contributed by atoms with van der Waals surface area (Å²) in [6.07, 6.45) is 0.773. The lowest BCUT2D eigenvalue weighted by Gasteiger charge is -2.13. The molecule has 0 saturated heterocycles. The maximum absolute atomic E-state index is 12.7. The largest absolute Gasteiger partial charge is 0.461 e. The SMILES string of the molecule is CCOC(=O)c1noc2nc(C)n(CC(=O)N[C@H](C)CC)c(=O)c12. The Hall–Kier alpha value is -2.71. The third-order valence-corrected chi connectivity index (χ3v) is 3.58.